The zero-order valence-corrected chi connectivity index (χ0v) is 9.51. The van der Waals surface area contributed by atoms with Gasteiger partial charge in [-0.05, 0) is 23.8 Å². The Balaban J connectivity index is 2.26. The Kier molecular flexibility index (Phi) is 3.53. The second-order valence-electron chi connectivity index (χ2n) is 3.74. The summed E-state index contributed by atoms with van der Waals surface area (Å²) in [5, 5.41) is 9.46. The summed E-state index contributed by atoms with van der Waals surface area (Å²) in [5.74, 6) is -1.63. The van der Waals surface area contributed by atoms with Crippen LogP contribution in [0.15, 0.2) is 54.6 Å². The SMILES string of the molecule is O=C(/C=C/c1ccccc1)c1c(O)cccc1F. The third kappa shape index (κ3) is 2.63. The van der Waals surface area contributed by atoms with Crippen molar-refractivity contribution in [3.05, 3.63) is 71.6 Å². The second kappa shape index (κ2) is 5.27. The summed E-state index contributed by atoms with van der Waals surface area (Å²) in [4.78, 5) is 11.8. The summed E-state index contributed by atoms with van der Waals surface area (Å²) in [6.07, 6.45) is 2.82. The number of rotatable bonds is 3. The zero-order chi connectivity index (χ0) is 13.0. The molecule has 0 saturated heterocycles. The van der Waals surface area contributed by atoms with E-state index in [1.165, 1.54) is 18.2 Å². The Hall–Kier alpha value is -2.42. The van der Waals surface area contributed by atoms with Crippen molar-refractivity contribution in [1.29, 1.82) is 0 Å². The highest BCUT2D eigenvalue weighted by Gasteiger charge is 2.13. The van der Waals surface area contributed by atoms with E-state index in [4.69, 9.17) is 0 Å². The summed E-state index contributed by atoms with van der Waals surface area (Å²) >= 11 is 0. The maximum atomic E-state index is 13.4. The summed E-state index contributed by atoms with van der Waals surface area (Å²) in [6, 6.07) is 13.0. The highest BCUT2D eigenvalue weighted by atomic mass is 19.1. The summed E-state index contributed by atoms with van der Waals surface area (Å²) in [6.45, 7) is 0. The summed E-state index contributed by atoms with van der Waals surface area (Å²) < 4.78 is 13.4. The van der Waals surface area contributed by atoms with E-state index in [9.17, 15) is 14.3 Å². The molecule has 0 saturated carbocycles. The van der Waals surface area contributed by atoms with Crippen LogP contribution in [0.1, 0.15) is 15.9 Å². The lowest BCUT2D eigenvalue weighted by molar-refractivity contribution is 0.104. The van der Waals surface area contributed by atoms with Gasteiger partial charge >= 0.3 is 0 Å². The maximum absolute atomic E-state index is 13.4. The fraction of sp³-hybridized carbons (Fsp3) is 0. The van der Waals surface area contributed by atoms with Crippen molar-refractivity contribution in [3.8, 4) is 5.75 Å². The van der Waals surface area contributed by atoms with Crippen LogP contribution in [0.3, 0.4) is 0 Å². The van der Waals surface area contributed by atoms with Crippen molar-refractivity contribution in [2.24, 2.45) is 0 Å². The minimum atomic E-state index is -0.724. The molecule has 18 heavy (non-hydrogen) atoms. The molecule has 0 atom stereocenters. The molecule has 0 aliphatic heterocycles. The normalized spacial score (nSPS) is 10.7. The third-order valence-corrected chi connectivity index (χ3v) is 2.46. The van der Waals surface area contributed by atoms with Gasteiger partial charge in [-0.2, -0.15) is 0 Å². The fourth-order valence-corrected chi connectivity index (χ4v) is 1.58. The van der Waals surface area contributed by atoms with Gasteiger partial charge in [0.05, 0.1) is 5.56 Å². The van der Waals surface area contributed by atoms with Crippen LogP contribution in [0.5, 0.6) is 5.75 Å². The van der Waals surface area contributed by atoms with Gasteiger partial charge in [-0.15, -0.1) is 0 Å². The third-order valence-electron chi connectivity index (χ3n) is 2.46. The number of hydrogen-bond donors (Lipinski definition) is 1. The standard InChI is InChI=1S/C15H11FO2/c16-12-7-4-8-13(17)15(12)14(18)10-9-11-5-2-1-3-6-11/h1-10,17H/b10-9+. The molecule has 0 amide bonds. The van der Waals surface area contributed by atoms with E-state index < -0.39 is 11.6 Å². The van der Waals surface area contributed by atoms with Crippen LogP contribution in [0.2, 0.25) is 0 Å². The first-order valence-electron chi connectivity index (χ1n) is 5.43. The molecule has 0 aromatic heterocycles. The Morgan fingerprint density at radius 2 is 1.78 bits per heavy atom. The molecular formula is C15H11FO2. The average Bonchev–Trinajstić information content (AvgIpc) is 2.37. The van der Waals surface area contributed by atoms with Crippen molar-refractivity contribution in [2.75, 3.05) is 0 Å². The topological polar surface area (TPSA) is 37.3 Å². The van der Waals surface area contributed by atoms with Crippen LogP contribution in [-0.2, 0) is 0 Å². The molecule has 2 aromatic rings. The van der Waals surface area contributed by atoms with Gasteiger partial charge in [-0.1, -0.05) is 42.5 Å². The van der Waals surface area contributed by atoms with Gasteiger partial charge in [0.2, 0.25) is 0 Å². The quantitative estimate of drug-likeness (QED) is 0.661. The molecule has 0 heterocycles. The maximum Gasteiger partial charge on any atom is 0.192 e. The molecule has 0 aliphatic rings. The van der Waals surface area contributed by atoms with Crippen LogP contribution in [-0.4, -0.2) is 10.9 Å². The number of carbonyl (C=O) groups is 1. The van der Waals surface area contributed by atoms with E-state index in [2.05, 4.69) is 0 Å². The number of hydrogen-bond acceptors (Lipinski definition) is 2. The minimum Gasteiger partial charge on any atom is -0.507 e. The van der Waals surface area contributed by atoms with Crippen LogP contribution < -0.4 is 0 Å². The number of phenols is 1. The van der Waals surface area contributed by atoms with E-state index in [0.29, 0.717) is 0 Å². The Morgan fingerprint density at radius 1 is 1.06 bits per heavy atom. The number of ketones is 1. The summed E-state index contributed by atoms with van der Waals surface area (Å²) in [7, 11) is 0. The van der Waals surface area contributed by atoms with E-state index in [0.717, 1.165) is 11.6 Å². The lowest BCUT2D eigenvalue weighted by atomic mass is 10.1. The molecule has 90 valence electrons. The van der Waals surface area contributed by atoms with Crippen molar-refractivity contribution in [1.82, 2.24) is 0 Å². The van der Waals surface area contributed by atoms with Gasteiger partial charge in [0.1, 0.15) is 11.6 Å². The number of benzene rings is 2. The molecule has 0 fully saturated rings. The van der Waals surface area contributed by atoms with Crippen LogP contribution in [0.4, 0.5) is 4.39 Å². The highest BCUT2D eigenvalue weighted by Crippen LogP contribution is 2.21. The fourth-order valence-electron chi connectivity index (χ4n) is 1.58. The van der Waals surface area contributed by atoms with Gasteiger partial charge in [-0.3, -0.25) is 4.79 Å². The van der Waals surface area contributed by atoms with E-state index >= 15 is 0 Å². The Labute approximate surface area is 104 Å². The average molecular weight is 242 g/mol. The van der Waals surface area contributed by atoms with Gasteiger partial charge in [0.25, 0.3) is 0 Å². The number of halogens is 1. The smallest absolute Gasteiger partial charge is 0.192 e. The molecule has 1 N–H and O–H groups in total. The van der Waals surface area contributed by atoms with Crippen LogP contribution in [0, 0.1) is 5.82 Å². The molecule has 2 nitrogen and oxygen atoms in total. The Morgan fingerprint density at radius 3 is 2.44 bits per heavy atom. The monoisotopic (exact) mass is 242 g/mol. The molecule has 0 spiro atoms. The molecule has 2 aromatic carbocycles. The lowest BCUT2D eigenvalue weighted by Gasteiger charge is -2.01. The summed E-state index contributed by atoms with van der Waals surface area (Å²) in [5.41, 5.74) is 0.534. The van der Waals surface area contributed by atoms with Gasteiger partial charge in [-0.25, -0.2) is 4.39 Å². The van der Waals surface area contributed by atoms with Gasteiger partial charge < -0.3 is 5.11 Å². The zero-order valence-electron chi connectivity index (χ0n) is 9.51. The van der Waals surface area contributed by atoms with Crippen molar-refractivity contribution >= 4 is 11.9 Å². The first-order valence-corrected chi connectivity index (χ1v) is 5.43. The number of aromatic hydroxyl groups is 1. The Bertz CT molecular complexity index is 568. The molecular weight excluding hydrogens is 231 g/mol. The van der Waals surface area contributed by atoms with Crippen LogP contribution >= 0.6 is 0 Å². The highest BCUT2D eigenvalue weighted by molar-refractivity contribution is 6.08. The van der Waals surface area contributed by atoms with Crippen molar-refractivity contribution in [3.63, 3.8) is 0 Å². The van der Waals surface area contributed by atoms with Gasteiger partial charge in [0, 0.05) is 0 Å². The number of allylic oxidation sites excluding steroid dienone is 1. The molecule has 0 unspecified atom stereocenters. The number of phenolic OH excluding ortho intramolecular Hbond substituents is 1. The van der Waals surface area contributed by atoms with E-state index in [-0.39, 0.29) is 11.3 Å². The molecule has 2 rings (SSSR count). The minimum absolute atomic E-state index is 0.301. The van der Waals surface area contributed by atoms with Crippen molar-refractivity contribution < 1.29 is 14.3 Å². The lowest BCUT2D eigenvalue weighted by Crippen LogP contribution is -1.98. The first kappa shape index (κ1) is 12.0. The molecule has 0 bridgehead atoms. The number of carbonyl (C=O) groups excluding carboxylic acids is 1. The molecule has 3 heteroatoms. The van der Waals surface area contributed by atoms with Crippen molar-refractivity contribution in [2.45, 2.75) is 0 Å². The molecule has 0 radical (unpaired) electrons. The predicted octanol–water partition coefficient (Wildman–Crippen LogP) is 3.43. The van der Waals surface area contributed by atoms with E-state index in [1.54, 1.807) is 6.08 Å². The van der Waals surface area contributed by atoms with Gasteiger partial charge in [0.15, 0.2) is 5.78 Å². The second-order valence-corrected chi connectivity index (χ2v) is 3.74. The largest absolute Gasteiger partial charge is 0.507 e. The first-order chi connectivity index (χ1) is 8.68. The van der Waals surface area contributed by atoms with Crippen LogP contribution in [0.25, 0.3) is 6.08 Å². The van der Waals surface area contributed by atoms with E-state index in [1.807, 2.05) is 30.3 Å². The predicted molar refractivity (Wildman–Crippen MR) is 67.9 cm³/mol. The molecule has 0 aliphatic carbocycles.